The van der Waals surface area contributed by atoms with Gasteiger partial charge in [-0.3, -0.25) is 0 Å². The first-order chi connectivity index (χ1) is 6.15. The summed E-state index contributed by atoms with van der Waals surface area (Å²) in [6, 6.07) is 6.13. The molecule has 1 rings (SSSR count). The summed E-state index contributed by atoms with van der Waals surface area (Å²) in [7, 11) is 1.69. The standard InChI is InChI=1S/C10H14BrNO/c1-7(12)10-4-3-9(11)5-8(10)6-13-2/h3-5,7H,6,12H2,1-2H3. The Morgan fingerprint density at radius 2 is 2.23 bits per heavy atom. The van der Waals surface area contributed by atoms with Gasteiger partial charge < -0.3 is 10.5 Å². The lowest BCUT2D eigenvalue weighted by molar-refractivity contribution is 0.184. The van der Waals surface area contributed by atoms with Gasteiger partial charge in [0.2, 0.25) is 0 Å². The van der Waals surface area contributed by atoms with Crippen molar-refractivity contribution < 1.29 is 4.74 Å². The fourth-order valence-electron chi connectivity index (χ4n) is 1.30. The van der Waals surface area contributed by atoms with E-state index in [1.54, 1.807) is 7.11 Å². The number of benzene rings is 1. The van der Waals surface area contributed by atoms with Crippen molar-refractivity contribution in [2.75, 3.05) is 7.11 Å². The number of nitrogens with two attached hydrogens (primary N) is 1. The molecule has 1 aromatic rings. The summed E-state index contributed by atoms with van der Waals surface area (Å²) in [6.45, 7) is 2.58. The Morgan fingerprint density at radius 3 is 2.77 bits per heavy atom. The van der Waals surface area contributed by atoms with Crippen LogP contribution in [0.1, 0.15) is 24.1 Å². The largest absolute Gasteiger partial charge is 0.380 e. The predicted molar refractivity (Wildman–Crippen MR) is 57.5 cm³/mol. The smallest absolute Gasteiger partial charge is 0.0716 e. The van der Waals surface area contributed by atoms with Crippen LogP contribution in [0.2, 0.25) is 0 Å². The van der Waals surface area contributed by atoms with Gasteiger partial charge in [0.25, 0.3) is 0 Å². The second kappa shape index (κ2) is 4.74. The molecule has 2 N–H and O–H groups in total. The Kier molecular flexibility index (Phi) is 3.90. The molecule has 1 unspecified atom stereocenters. The van der Waals surface area contributed by atoms with Crippen molar-refractivity contribution in [3.63, 3.8) is 0 Å². The lowest BCUT2D eigenvalue weighted by Crippen LogP contribution is -2.08. The first-order valence-electron chi connectivity index (χ1n) is 4.18. The molecular weight excluding hydrogens is 230 g/mol. The monoisotopic (exact) mass is 243 g/mol. The molecule has 0 amide bonds. The minimum absolute atomic E-state index is 0.0539. The molecule has 13 heavy (non-hydrogen) atoms. The summed E-state index contributed by atoms with van der Waals surface area (Å²) in [4.78, 5) is 0. The molecule has 1 aromatic carbocycles. The first kappa shape index (κ1) is 10.7. The molecule has 0 aliphatic carbocycles. The molecule has 0 aliphatic heterocycles. The van der Waals surface area contributed by atoms with Crippen LogP contribution in [-0.2, 0) is 11.3 Å². The van der Waals surface area contributed by atoms with Crippen LogP contribution in [-0.4, -0.2) is 7.11 Å². The Labute approximate surface area is 87.2 Å². The minimum atomic E-state index is 0.0539. The van der Waals surface area contributed by atoms with Gasteiger partial charge in [0.05, 0.1) is 6.61 Å². The van der Waals surface area contributed by atoms with Gasteiger partial charge in [-0.2, -0.15) is 0 Å². The van der Waals surface area contributed by atoms with Gasteiger partial charge in [0.1, 0.15) is 0 Å². The van der Waals surface area contributed by atoms with E-state index >= 15 is 0 Å². The van der Waals surface area contributed by atoms with E-state index in [9.17, 15) is 0 Å². The number of halogens is 1. The van der Waals surface area contributed by atoms with Gasteiger partial charge in [-0.15, -0.1) is 0 Å². The zero-order chi connectivity index (χ0) is 9.84. The summed E-state index contributed by atoms with van der Waals surface area (Å²) in [5, 5.41) is 0. The SMILES string of the molecule is COCc1cc(Br)ccc1C(C)N. The Balaban J connectivity index is 3.03. The average Bonchev–Trinajstić information content (AvgIpc) is 2.04. The highest BCUT2D eigenvalue weighted by Gasteiger charge is 2.06. The van der Waals surface area contributed by atoms with E-state index in [1.165, 1.54) is 0 Å². The van der Waals surface area contributed by atoms with E-state index < -0.39 is 0 Å². The molecule has 0 saturated carbocycles. The summed E-state index contributed by atoms with van der Waals surface area (Å²) in [5.41, 5.74) is 8.11. The van der Waals surface area contributed by atoms with Gasteiger partial charge in [-0.05, 0) is 30.2 Å². The molecule has 1 atom stereocenters. The molecule has 0 saturated heterocycles. The number of hydrogen-bond donors (Lipinski definition) is 1. The van der Waals surface area contributed by atoms with Gasteiger partial charge in [0, 0.05) is 17.6 Å². The highest BCUT2D eigenvalue weighted by molar-refractivity contribution is 9.10. The fourth-order valence-corrected chi connectivity index (χ4v) is 1.71. The second-order valence-corrected chi connectivity index (χ2v) is 3.98. The number of ether oxygens (including phenoxy) is 1. The van der Waals surface area contributed by atoms with Gasteiger partial charge >= 0.3 is 0 Å². The summed E-state index contributed by atoms with van der Waals surface area (Å²) in [6.07, 6.45) is 0. The van der Waals surface area contributed by atoms with Crippen molar-refractivity contribution >= 4 is 15.9 Å². The Hall–Kier alpha value is -0.380. The molecule has 0 aliphatic rings. The van der Waals surface area contributed by atoms with Crippen LogP contribution in [0.5, 0.6) is 0 Å². The maximum Gasteiger partial charge on any atom is 0.0716 e. The van der Waals surface area contributed by atoms with Crippen LogP contribution in [0.25, 0.3) is 0 Å². The van der Waals surface area contributed by atoms with Crippen LogP contribution in [0.4, 0.5) is 0 Å². The number of methoxy groups -OCH3 is 1. The average molecular weight is 244 g/mol. The second-order valence-electron chi connectivity index (χ2n) is 3.06. The quantitative estimate of drug-likeness (QED) is 0.886. The Morgan fingerprint density at radius 1 is 1.54 bits per heavy atom. The van der Waals surface area contributed by atoms with E-state index in [4.69, 9.17) is 10.5 Å². The zero-order valence-electron chi connectivity index (χ0n) is 7.88. The van der Waals surface area contributed by atoms with Crippen LogP contribution >= 0.6 is 15.9 Å². The first-order valence-corrected chi connectivity index (χ1v) is 4.97. The fraction of sp³-hybridized carbons (Fsp3) is 0.400. The summed E-state index contributed by atoms with van der Waals surface area (Å²) in [5.74, 6) is 0. The molecule has 0 bridgehead atoms. The number of rotatable bonds is 3. The molecule has 3 heteroatoms. The molecule has 0 fully saturated rings. The third-order valence-electron chi connectivity index (χ3n) is 1.90. The molecule has 2 nitrogen and oxygen atoms in total. The Bertz CT molecular complexity index is 286. The van der Waals surface area contributed by atoms with E-state index in [-0.39, 0.29) is 6.04 Å². The zero-order valence-corrected chi connectivity index (χ0v) is 9.47. The van der Waals surface area contributed by atoms with Crippen LogP contribution in [0.3, 0.4) is 0 Å². The third kappa shape index (κ3) is 2.79. The molecule has 72 valence electrons. The van der Waals surface area contributed by atoms with Crippen molar-refractivity contribution in [3.8, 4) is 0 Å². The maximum atomic E-state index is 5.82. The highest BCUT2D eigenvalue weighted by Crippen LogP contribution is 2.21. The maximum absolute atomic E-state index is 5.82. The van der Waals surface area contributed by atoms with Crippen LogP contribution in [0, 0.1) is 0 Å². The van der Waals surface area contributed by atoms with Crippen LogP contribution < -0.4 is 5.73 Å². The summed E-state index contributed by atoms with van der Waals surface area (Å²) >= 11 is 3.42. The van der Waals surface area contributed by atoms with Gasteiger partial charge in [0.15, 0.2) is 0 Å². The predicted octanol–water partition coefficient (Wildman–Crippen LogP) is 2.62. The van der Waals surface area contributed by atoms with Crippen LogP contribution in [0.15, 0.2) is 22.7 Å². The highest BCUT2D eigenvalue weighted by atomic mass is 79.9. The van der Waals surface area contributed by atoms with E-state index in [1.807, 2.05) is 25.1 Å². The molecular formula is C10H14BrNO. The van der Waals surface area contributed by atoms with Gasteiger partial charge in [-0.1, -0.05) is 22.0 Å². The van der Waals surface area contributed by atoms with Crippen molar-refractivity contribution in [2.45, 2.75) is 19.6 Å². The van der Waals surface area contributed by atoms with Crippen molar-refractivity contribution in [3.05, 3.63) is 33.8 Å². The normalized spacial score (nSPS) is 12.9. The van der Waals surface area contributed by atoms with Crippen molar-refractivity contribution in [1.82, 2.24) is 0 Å². The van der Waals surface area contributed by atoms with E-state index in [2.05, 4.69) is 15.9 Å². The lowest BCUT2D eigenvalue weighted by Gasteiger charge is -2.12. The minimum Gasteiger partial charge on any atom is -0.380 e. The van der Waals surface area contributed by atoms with E-state index in [0.29, 0.717) is 6.61 Å². The lowest BCUT2D eigenvalue weighted by atomic mass is 10.0. The summed E-state index contributed by atoms with van der Waals surface area (Å²) < 4.78 is 6.16. The van der Waals surface area contributed by atoms with E-state index in [0.717, 1.165) is 15.6 Å². The van der Waals surface area contributed by atoms with Crippen molar-refractivity contribution in [1.29, 1.82) is 0 Å². The molecule has 0 heterocycles. The molecule has 0 radical (unpaired) electrons. The third-order valence-corrected chi connectivity index (χ3v) is 2.39. The molecule has 0 aromatic heterocycles. The number of hydrogen-bond acceptors (Lipinski definition) is 2. The topological polar surface area (TPSA) is 35.2 Å². The van der Waals surface area contributed by atoms with Gasteiger partial charge in [-0.25, -0.2) is 0 Å². The van der Waals surface area contributed by atoms with Crippen molar-refractivity contribution in [2.24, 2.45) is 5.73 Å². The molecule has 0 spiro atoms.